The number of nitrogens with zero attached hydrogens (tertiary/aromatic N) is 1. The number of aliphatic carboxylic acids is 1. The molecule has 1 heterocycles. The Morgan fingerprint density at radius 3 is 3.00 bits per heavy atom. The summed E-state index contributed by atoms with van der Waals surface area (Å²) >= 11 is 1.49. The lowest BCUT2D eigenvalue weighted by atomic mass is 10.0. The Morgan fingerprint density at radius 1 is 1.79 bits per heavy atom. The van der Waals surface area contributed by atoms with Crippen molar-refractivity contribution >= 4 is 17.3 Å². The molecule has 1 aromatic rings. The number of carboxylic acids is 1. The zero-order valence-electron chi connectivity index (χ0n) is 8.06. The molecule has 1 atom stereocenters. The van der Waals surface area contributed by atoms with E-state index in [0.717, 1.165) is 10.6 Å². The smallest absolute Gasteiger partial charge is 0.311 e. The van der Waals surface area contributed by atoms with E-state index in [0.29, 0.717) is 12.3 Å². The van der Waals surface area contributed by atoms with Crippen molar-refractivity contribution in [2.45, 2.75) is 38.0 Å². The number of rotatable bonds is 4. The molecular weight excluding hydrogens is 198 g/mol. The van der Waals surface area contributed by atoms with Gasteiger partial charge in [-0.05, 0) is 19.3 Å². The van der Waals surface area contributed by atoms with Crippen molar-refractivity contribution in [1.82, 2.24) is 4.98 Å². The Hall–Kier alpha value is -0.900. The van der Waals surface area contributed by atoms with Gasteiger partial charge in [0.25, 0.3) is 0 Å². The maximum atomic E-state index is 11.0. The van der Waals surface area contributed by atoms with Crippen LogP contribution in [0.2, 0.25) is 0 Å². The van der Waals surface area contributed by atoms with Crippen LogP contribution in [0.25, 0.3) is 0 Å². The van der Waals surface area contributed by atoms with Crippen molar-refractivity contribution in [3.63, 3.8) is 0 Å². The highest BCUT2D eigenvalue weighted by atomic mass is 32.1. The van der Waals surface area contributed by atoms with Gasteiger partial charge in [-0.3, -0.25) is 4.79 Å². The standard InChI is InChI=1S/C10H13NO2S/c1-2-7(10(12)13)9-8(6-3-4-6)11-5-14-9/h5-7H,2-4H2,1H3,(H,12,13). The van der Waals surface area contributed by atoms with E-state index in [2.05, 4.69) is 4.98 Å². The summed E-state index contributed by atoms with van der Waals surface area (Å²) in [4.78, 5) is 16.3. The van der Waals surface area contributed by atoms with Gasteiger partial charge in [0.1, 0.15) is 0 Å². The maximum absolute atomic E-state index is 11.0. The van der Waals surface area contributed by atoms with Crippen LogP contribution < -0.4 is 0 Å². The Morgan fingerprint density at radius 2 is 2.50 bits per heavy atom. The third kappa shape index (κ3) is 1.66. The SMILES string of the molecule is CCC(C(=O)O)c1scnc1C1CC1. The minimum atomic E-state index is -0.723. The maximum Gasteiger partial charge on any atom is 0.311 e. The number of thiazole rings is 1. The van der Waals surface area contributed by atoms with E-state index in [9.17, 15) is 4.79 Å². The zero-order valence-corrected chi connectivity index (χ0v) is 8.88. The Bertz CT molecular complexity index is 344. The summed E-state index contributed by atoms with van der Waals surface area (Å²) in [6.45, 7) is 1.91. The number of aromatic nitrogens is 1. The Balaban J connectivity index is 2.28. The van der Waals surface area contributed by atoms with Crippen LogP contribution >= 0.6 is 11.3 Å². The molecule has 3 nitrogen and oxygen atoms in total. The fourth-order valence-electron chi connectivity index (χ4n) is 1.66. The normalized spacial score (nSPS) is 18.1. The molecule has 0 amide bonds. The predicted octanol–water partition coefficient (Wildman–Crippen LogP) is 2.60. The highest BCUT2D eigenvalue weighted by molar-refractivity contribution is 7.10. The highest BCUT2D eigenvalue weighted by Crippen LogP contribution is 2.44. The fraction of sp³-hybridized carbons (Fsp3) is 0.600. The molecule has 0 aliphatic heterocycles. The number of carboxylic acid groups (broad SMARTS) is 1. The summed E-state index contributed by atoms with van der Waals surface area (Å²) in [5.41, 5.74) is 2.82. The van der Waals surface area contributed by atoms with Crippen molar-refractivity contribution in [3.8, 4) is 0 Å². The van der Waals surface area contributed by atoms with Crippen molar-refractivity contribution in [3.05, 3.63) is 16.1 Å². The largest absolute Gasteiger partial charge is 0.481 e. The van der Waals surface area contributed by atoms with Crippen LogP contribution in [0.1, 0.15) is 48.6 Å². The van der Waals surface area contributed by atoms with Crippen molar-refractivity contribution < 1.29 is 9.90 Å². The Kier molecular flexibility index (Phi) is 2.54. The van der Waals surface area contributed by atoms with E-state index in [4.69, 9.17) is 5.11 Å². The molecule has 1 N–H and O–H groups in total. The first-order chi connectivity index (χ1) is 6.74. The van der Waals surface area contributed by atoms with Gasteiger partial charge in [0.05, 0.1) is 17.1 Å². The van der Waals surface area contributed by atoms with Gasteiger partial charge in [0.2, 0.25) is 0 Å². The van der Waals surface area contributed by atoms with Crippen LogP contribution in [-0.4, -0.2) is 16.1 Å². The second kappa shape index (κ2) is 3.69. The molecule has 1 aromatic heterocycles. The first kappa shape index (κ1) is 9.65. The molecule has 14 heavy (non-hydrogen) atoms. The topological polar surface area (TPSA) is 50.2 Å². The summed E-state index contributed by atoms with van der Waals surface area (Å²) in [6, 6.07) is 0. The molecule has 0 bridgehead atoms. The van der Waals surface area contributed by atoms with E-state index in [1.165, 1.54) is 24.2 Å². The van der Waals surface area contributed by atoms with E-state index in [1.54, 1.807) is 5.51 Å². The highest BCUT2D eigenvalue weighted by Gasteiger charge is 2.32. The first-order valence-electron chi connectivity index (χ1n) is 4.90. The quantitative estimate of drug-likeness (QED) is 0.832. The van der Waals surface area contributed by atoms with Gasteiger partial charge in [-0.25, -0.2) is 4.98 Å². The average molecular weight is 211 g/mol. The predicted molar refractivity (Wildman–Crippen MR) is 54.8 cm³/mol. The second-order valence-electron chi connectivity index (χ2n) is 3.68. The van der Waals surface area contributed by atoms with Crippen LogP contribution in [0.4, 0.5) is 0 Å². The van der Waals surface area contributed by atoms with E-state index in [1.807, 2.05) is 6.92 Å². The minimum absolute atomic E-state index is 0.349. The molecule has 4 heteroatoms. The third-order valence-corrected chi connectivity index (χ3v) is 3.57. The van der Waals surface area contributed by atoms with Crippen molar-refractivity contribution in [2.24, 2.45) is 0 Å². The minimum Gasteiger partial charge on any atom is -0.481 e. The van der Waals surface area contributed by atoms with Gasteiger partial charge < -0.3 is 5.11 Å². The monoisotopic (exact) mass is 211 g/mol. The van der Waals surface area contributed by atoms with Crippen LogP contribution in [0.3, 0.4) is 0 Å². The summed E-state index contributed by atoms with van der Waals surface area (Å²) in [5, 5.41) is 9.05. The van der Waals surface area contributed by atoms with Crippen LogP contribution in [-0.2, 0) is 4.79 Å². The molecular formula is C10H13NO2S. The molecule has 0 radical (unpaired) electrons. The lowest BCUT2D eigenvalue weighted by Gasteiger charge is -2.08. The lowest BCUT2D eigenvalue weighted by Crippen LogP contribution is -2.10. The van der Waals surface area contributed by atoms with Crippen molar-refractivity contribution in [2.75, 3.05) is 0 Å². The van der Waals surface area contributed by atoms with Gasteiger partial charge in [-0.2, -0.15) is 0 Å². The summed E-state index contributed by atoms with van der Waals surface area (Å²) in [5.74, 6) is -0.526. The van der Waals surface area contributed by atoms with Crippen LogP contribution in [0.5, 0.6) is 0 Å². The summed E-state index contributed by atoms with van der Waals surface area (Å²) in [7, 11) is 0. The van der Waals surface area contributed by atoms with E-state index < -0.39 is 5.97 Å². The molecule has 1 aliphatic rings. The molecule has 76 valence electrons. The molecule has 2 rings (SSSR count). The molecule has 0 spiro atoms. The number of carbonyl (C=O) groups is 1. The van der Waals surface area contributed by atoms with Crippen LogP contribution in [0.15, 0.2) is 5.51 Å². The fourth-order valence-corrected chi connectivity index (χ4v) is 2.71. The van der Waals surface area contributed by atoms with Gasteiger partial charge in [-0.15, -0.1) is 11.3 Å². The van der Waals surface area contributed by atoms with Crippen molar-refractivity contribution in [1.29, 1.82) is 0 Å². The van der Waals surface area contributed by atoms with E-state index >= 15 is 0 Å². The molecule has 1 unspecified atom stereocenters. The average Bonchev–Trinajstić information content (AvgIpc) is 2.88. The Labute approximate surface area is 86.8 Å². The van der Waals surface area contributed by atoms with Gasteiger partial charge in [0, 0.05) is 10.8 Å². The molecule has 1 fully saturated rings. The van der Waals surface area contributed by atoms with E-state index in [-0.39, 0.29) is 5.92 Å². The van der Waals surface area contributed by atoms with Gasteiger partial charge in [-0.1, -0.05) is 6.92 Å². The number of hydrogen-bond donors (Lipinski definition) is 1. The van der Waals surface area contributed by atoms with Crippen LogP contribution in [0, 0.1) is 0 Å². The molecule has 0 aromatic carbocycles. The molecule has 0 saturated heterocycles. The first-order valence-corrected chi connectivity index (χ1v) is 5.78. The molecule has 1 saturated carbocycles. The molecule has 1 aliphatic carbocycles. The second-order valence-corrected chi connectivity index (χ2v) is 4.56. The zero-order chi connectivity index (χ0) is 10.1. The summed E-state index contributed by atoms with van der Waals surface area (Å²) in [6.07, 6.45) is 3.00. The van der Waals surface area contributed by atoms with Gasteiger partial charge >= 0.3 is 5.97 Å². The number of hydrogen-bond acceptors (Lipinski definition) is 3. The van der Waals surface area contributed by atoms with Gasteiger partial charge in [0.15, 0.2) is 0 Å². The lowest BCUT2D eigenvalue weighted by molar-refractivity contribution is -0.138. The third-order valence-electron chi connectivity index (χ3n) is 2.61. The summed E-state index contributed by atoms with van der Waals surface area (Å²) < 4.78 is 0.